The minimum Gasteiger partial charge on any atom is -0.413 e. The second-order valence-electron chi connectivity index (χ2n) is 6.26. The van der Waals surface area contributed by atoms with Crippen molar-refractivity contribution >= 4 is 24.2 Å². The lowest BCUT2D eigenvalue weighted by Gasteiger charge is -2.36. The van der Waals surface area contributed by atoms with Crippen molar-refractivity contribution in [3.05, 3.63) is 10.1 Å². The molecule has 0 heterocycles. The molecule has 94 valence electrons. The molecular formula is C13H25BrOSi. The van der Waals surface area contributed by atoms with E-state index in [4.69, 9.17) is 4.43 Å². The highest BCUT2D eigenvalue weighted by atomic mass is 79.9. The van der Waals surface area contributed by atoms with Gasteiger partial charge >= 0.3 is 0 Å². The van der Waals surface area contributed by atoms with Crippen molar-refractivity contribution in [1.29, 1.82) is 0 Å². The van der Waals surface area contributed by atoms with Crippen molar-refractivity contribution in [2.75, 3.05) is 6.61 Å². The second kappa shape index (κ2) is 5.36. The third kappa shape index (κ3) is 3.71. The van der Waals surface area contributed by atoms with Crippen LogP contribution in [0.2, 0.25) is 18.1 Å². The molecule has 0 radical (unpaired) electrons. The lowest BCUT2D eigenvalue weighted by Crippen LogP contribution is -2.41. The van der Waals surface area contributed by atoms with Crippen molar-refractivity contribution in [1.82, 2.24) is 0 Å². The molecule has 0 atom stereocenters. The molecule has 1 aliphatic carbocycles. The largest absolute Gasteiger partial charge is 0.413 e. The maximum atomic E-state index is 6.25. The van der Waals surface area contributed by atoms with Crippen LogP contribution in [0.5, 0.6) is 0 Å². The van der Waals surface area contributed by atoms with E-state index in [0.717, 1.165) is 6.61 Å². The van der Waals surface area contributed by atoms with Gasteiger partial charge in [-0.3, -0.25) is 0 Å². The summed E-state index contributed by atoms with van der Waals surface area (Å²) in [4.78, 5) is 0. The van der Waals surface area contributed by atoms with E-state index in [-0.39, 0.29) is 0 Å². The fourth-order valence-electron chi connectivity index (χ4n) is 1.57. The lowest BCUT2D eigenvalue weighted by atomic mass is 10.0. The predicted molar refractivity (Wildman–Crippen MR) is 77.6 cm³/mol. The first kappa shape index (κ1) is 14.5. The van der Waals surface area contributed by atoms with Crippen molar-refractivity contribution in [2.24, 2.45) is 0 Å². The van der Waals surface area contributed by atoms with Crippen LogP contribution in [0.3, 0.4) is 0 Å². The first-order chi connectivity index (χ1) is 7.24. The van der Waals surface area contributed by atoms with Gasteiger partial charge in [-0.15, -0.1) is 0 Å². The zero-order valence-corrected chi connectivity index (χ0v) is 13.9. The van der Waals surface area contributed by atoms with Gasteiger partial charge in [0.1, 0.15) is 0 Å². The summed E-state index contributed by atoms with van der Waals surface area (Å²) in [5.41, 5.74) is 1.50. The van der Waals surface area contributed by atoms with Gasteiger partial charge in [0.15, 0.2) is 8.32 Å². The SMILES string of the molecule is CC(C)(C)[Si](C)(C)OCC1=C(Br)CCCC1. The Hall–Kier alpha value is 0.397. The molecule has 1 nitrogen and oxygen atoms in total. The maximum Gasteiger partial charge on any atom is 0.192 e. The summed E-state index contributed by atoms with van der Waals surface area (Å²) >= 11 is 3.69. The van der Waals surface area contributed by atoms with Crippen molar-refractivity contribution in [3.8, 4) is 0 Å². The van der Waals surface area contributed by atoms with E-state index in [2.05, 4.69) is 49.8 Å². The standard InChI is InChI=1S/C13H25BrOSi/c1-13(2,3)16(4,5)15-10-11-8-6-7-9-12(11)14/h6-10H2,1-5H3. The van der Waals surface area contributed by atoms with Crippen LogP contribution in [0.15, 0.2) is 10.1 Å². The Morgan fingerprint density at radius 1 is 1.19 bits per heavy atom. The Labute approximate surface area is 110 Å². The molecular weight excluding hydrogens is 280 g/mol. The quantitative estimate of drug-likeness (QED) is 0.649. The van der Waals surface area contributed by atoms with Crippen LogP contribution >= 0.6 is 15.9 Å². The second-order valence-corrected chi connectivity index (χ2v) is 12.0. The van der Waals surface area contributed by atoms with Crippen LogP contribution in [0, 0.1) is 0 Å². The predicted octanol–water partition coefficient (Wildman–Crippen LogP) is 5.23. The molecule has 0 fully saturated rings. The first-order valence-electron chi connectivity index (χ1n) is 6.24. The van der Waals surface area contributed by atoms with E-state index >= 15 is 0 Å². The van der Waals surface area contributed by atoms with Crippen LogP contribution < -0.4 is 0 Å². The van der Waals surface area contributed by atoms with Crippen LogP contribution in [0.4, 0.5) is 0 Å². The monoisotopic (exact) mass is 304 g/mol. The van der Waals surface area contributed by atoms with Gasteiger partial charge in [0.25, 0.3) is 0 Å². The molecule has 0 bridgehead atoms. The first-order valence-corrected chi connectivity index (χ1v) is 9.94. The molecule has 0 aromatic carbocycles. The molecule has 1 aliphatic rings. The highest BCUT2D eigenvalue weighted by molar-refractivity contribution is 9.11. The van der Waals surface area contributed by atoms with Crippen LogP contribution in [-0.4, -0.2) is 14.9 Å². The summed E-state index contributed by atoms with van der Waals surface area (Å²) in [5, 5.41) is 0.314. The van der Waals surface area contributed by atoms with E-state index < -0.39 is 8.32 Å². The van der Waals surface area contributed by atoms with E-state index in [1.54, 1.807) is 0 Å². The van der Waals surface area contributed by atoms with Crippen LogP contribution in [-0.2, 0) is 4.43 Å². The smallest absolute Gasteiger partial charge is 0.192 e. The van der Waals surface area contributed by atoms with Gasteiger partial charge in [0.2, 0.25) is 0 Å². The molecule has 0 N–H and O–H groups in total. The summed E-state index contributed by atoms with van der Waals surface area (Å²) in [7, 11) is -1.57. The van der Waals surface area contributed by atoms with Crippen molar-refractivity contribution < 1.29 is 4.43 Å². The van der Waals surface area contributed by atoms with Gasteiger partial charge in [-0.2, -0.15) is 0 Å². The minimum atomic E-state index is -1.57. The third-order valence-corrected chi connectivity index (χ3v) is 9.36. The van der Waals surface area contributed by atoms with E-state index in [1.165, 1.54) is 35.7 Å². The minimum absolute atomic E-state index is 0.314. The van der Waals surface area contributed by atoms with Gasteiger partial charge in [-0.1, -0.05) is 36.7 Å². The number of halogens is 1. The summed E-state index contributed by atoms with van der Waals surface area (Å²) in [6.07, 6.45) is 5.07. The lowest BCUT2D eigenvalue weighted by molar-refractivity contribution is 0.311. The Balaban J connectivity index is 2.57. The maximum absolute atomic E-state index is 6.25. The fourth-order valence-corrected chi connectivity index (χ4v) is 3.13. The van der Waals surface area contributed by atoms with Gasteiger partial charge in [-0.05, 0) is 53.9 Å². The molecule has 0 unspecified atom stereocenters. The molecule has 0 saturated heterocycles. The van der Waals surface area contributed by atoms with Gasteiger partial charge in [-0.25, -0.2) is 0 Å². The highest BCUT2D eigenvalue weighted by Gasteiger charge is 2.37. The number of hydrogen-bond acceptors (Lipinski definition) is 1. The fraction of sp³-hybridized carbons (Fsp3) is 0.846. The molecule has 0 saturated carbocycles. The Morgan fingerprint density at radius 2 is 1.75 bits per heavy atom. The zero-order chi connectivity index (χ0) is 12.4. The number of rotatable bonds is 3. The van der Waals surface area contributed by atoms with Crippen molar-refractivity contribution in [3.63, 3.8) is 0 Å². The summed E-state index contributed by atoms with van der Waals surface area (Å²) in [6, 6.07) is 0. The zero-order valence-electron chi connectivity index (χ0n) is 11.3. The summed E-state index contributed by atoms with van der Waals surface area (Å²) in [6.45, 7) is 12.4. The van der Waals surface area contributed by atoms with Gasteiger partial charge in [0, 0.05) is 0 Å². The Bertz CT molecular complexity index is 276. The third-order valence-electron chi connectivity index (χ3n) is 3.92. The summed E-state index contributed by atoms with van der Waals surface area (Å²) in [5.74, 6) is 0. The van der Waals surface area contributed by atoms with Gasteiger partial charge < -0.3 is 4.43 Å². The normalized spacial score (nSPS) is 19.1. The molecule has 0 aliphatic heterocycles. The number of allylic oxidation sites excluding steroid dienone is 1. The van der Waals surface area contributed by atoms with Crippen molar-refractivity contribution in [2.45, 2.75) is 64.6 Å². The molecule has 1 rings (SSSR count). The van der Waals surface area contributed by atoms with E-state index in [0.29, 0.717) is 5.04 Å². The van der Waals surface area contributed by atoms with Crippen LogP contribution in [0.1, 0.15) is 46.5 Å². The molecule has 0 aromatic heterocycles. The molecule has 0 spiro atoms. The Morgan fingerprint density at radius 3 is 2.25 bits per heavy atom. The molecule has 0 aromatic rings. The van der Waals surface area contributed by atoms with Gasteiger partial charge in [0.05, 0.1) is 6.61 Å². The van der Waals surface area contributed by atoms with Crippen LogP contribution in [0.25, 0.3) is 0 Å². The highest BCUT2D eigenvalue weighted by Crippen LogP contribution is 2.38. The summed E-state index contributed by atoms with van der Waals surface area (Å²) < 4.78 is 7.66. The topological polar surface area (TPSA) is 9.23 Å². The number of hydrogen-bond donors (Lipinski definition) is 0. The average molecular weight is 305 g/mol. The molecule has 3 heteroatoms. The Kier molecular flexibility index (Phi) is 4.84. The van der Waals surface area contributed by atoms with E-state index in [9.17, 15) is 0 Å². The average Bonchev–Trinajstić information content (AvgIpc) is 2.15. The van der Waals surface area contributed by atoms with E-state index in [1.807, 2.05) is 0 Å². The molecule has 16 heavy (non-hydrogen) atoms. The molecule has 0 amide bonds.